The van der Waals surface area contributed by atoms with Gasteiger partial charge in [-0.2, -0.15) is 0 Å². The van der Waals surface area contributed by atoms with Crippen LogP contribution in [0.25, 0.3) is 0 Å². The molecule has 7 nitrogen and oxygen atoms in total. The van der Waals surface area contributed by atoms with Gasteiger partial charge in [0, 0.05) is 5.56 Å². The molecule has 0 saturated carbocycles. The average Bonchev–Trinajstić information content (AvgIpc) is 2.44. The Balaban J connectivity index is 0.00000361. The largest absolute Gasteiger partial charge is 0.463 e. The van der Waals surface area contributed by atoms with Crippen LogP contribution in [-0.2, 0) is 14.3 Å². The molecule has 20 heavy (non-hydrogen) atoms. The van der Waals surface area contributed by atoms with Crippen molar-refractivity contribution < 1.29 is 19.1 Å². The predicted molar refractivity (Wildman–Crippen MR) is 74.2 cm³/mol. The molecular weight excluding hydrogens is 286 g/mol. The lowest BCUT2D eigenvalue weighted by molar-refractivity contribution is -0.143. The molecule has 0 bridgehead atoms. The molecule has 8 heteroatoms. The second-order valence-corrected chi connectivity index (χ2v) is 3.68. The zero-order valence-electron chi connectivity index (χ0n) is 10.6. The molecule has 110 valence electrons. The molecule has 5 N–H and O–H groups in total. The standard InChI is InChI=1S/C12H15N3O4.ClH/c13-6-10(16)19-7-9(14)12(18)15-11(17)8-4-2-1-3-5-8;/h1-5,9H,6-7,13-14H2,(H,15,17,18);1H/t9-;/m0./s1. The van der Waals surface area contributed by atoms with Crippen LogP contribution < -0.4 is 16.8 Å². The van der Waals surface area contributed by atoms with Crippen LogP contribution in [0.2, 0.25) is 0 Å². The van der Waals surface area contributed by atoms with Crippen molar-refractivity contribution in [2.75, 3.05) is 13.2 Å². The zero-order chi connectivity index (χ0) is 14.3. The first-order valence-corrected chi connectivity index (χ1v) is 5.56. The van der Waals surface area contributed by atoms with Crippen LogP contribution in [0.3, 0.4) is 0 Å². The number of imide groups is 1. The highest BCUT2D eigenvalue weighted by Gasteiger charge is 2.18. The molecule has 0 radical (unpaired) electrons. The van der Waals surface area contributed by atoms with Gasteiger partial charge in [0.05, 0.1) is 6.54 Å². The van der Waals surface area contributed by atoms with E-state index in [0.29, 0.717) is 5.56 Å². The molecule has 1 aromatic carbocycles. The van der Waals surface area contributed by atoms with Crippen LogP contribution in [0.1, 0.15) is 10.4 Å². The van der Waals surface area contributed by atoms with Crippen molar-refractivity contribution in [3.05, 3.63) is 35.9 Å². The Morgan fingerprint density at radius 2 is 1.80 bits per heavy atom. The third-order valence-corrected chi connectivity index (χ3v) is 2.20. The summed E-state index contributed by atoms with van der Waals surface area (Å²) in [5.74, 6) is -1.96. The summed E-state index contributed by atoms with van der Waals surface area (Å²) in [6.07, 6.45) is 0. The van der Waals surface area contributed by atoms with Crippen molar-refractivity contribution in [3.63, 3.8) is 0 Å². The van der Waals surface area contributed by atoms with E-state index in [1.807, 2.05) is 0 Å². The number of hydrogen-bond donors (Lipinski definition) is 3. The Morgan fingerprint density at radius 3 is 2.35 bits per heavy atom. The number of nitrogens with one attached hydrogen (secondary N) is 1. The Bertz CT molecular complexity index is 467. The van der Waals surface area contributed by atoms with Gasteiger partial charge < -0.3 is 16.2 Å². The van der Waals surface area contributed by atoms with Gasteiger partial charge in [-0.05, 0) is 12.1 Å². The number of carbonyl (C=O) groups excluding carboxylic acids is 3. The van der Waals surface area contributed by atoms with E-state index in [2.05, 4.69) is 10.1 Å². The molecule has 0 aliphatic rings. The van der Waals surface area contributed by atoms with E-state index < -0.39 is 23.8 Å². The molecule has 0 heterocycles. The molecule has 1 atom stereocenters. The van der Waals surface area contributed by atoms with Crippen LogP contribution in [0.5, 0.6) is 0 Å². The molecule has 1 aromatic rings. The van der Waals surface area contributed by atoms with Crippen molar-refractivity contribution in [3.8, 4) is 0 Å². The van der Waals surface area contributed by atoms with Crippen molar-refractivity contribution in [1.82, 2.24) is 5.32 Å². The van der Waals surface area contributed by atoms with Gasteiger partial charge in [-0.15, -0.1) is 12.4 Å². The maximum Gasteiger partial charge on any atom is 0.319 e. The normalized spacial score (nSPS) is 10.9. The summed E-state index contributed by atoms with van der Waals surface area (Å²) in [7, 11) is 0. The summed E-state index contributed by atoms with van der Waals surface area (Å²) < 4.78 is 4.60. The second-order valence-electron chi connectivity index (χ2n) is 3.68. The van der Waals surface area contributed by atoms with Crippen LogP contribution in [0, 0.1) is 0 Å². The number of carbonyl (C=O) groups is 3. The van der Waals surface area contributed by atoms with E-state index in [1.165, 1.54) is 0 Å². The Morgan fingerprint density at radius 1 is 1.20 bits per heavy atom. The lowest BCUT2D eigenvalue weighted by Gasteiger charge is -2.11. The van der Waals surface area contributed by atoms with Gasteiger partial charge in [0.2, 0.25) is 5.91 Å². The van der Waals surface area contributed by atoms with E-state index in [1.54, 1.807) is 30.3 Å². The topological polar surface area (TPSA) is 125 Å². The summed E-state index contributed by atoms with van der Waals surface area (Å²) >= 11 is 0. The number of rotatable bonds is 5. The van der Waals surface area contributed by atoms with Gasteiger partial charge in [0.15, 0.2) is 0 Å². The molecule has 0 aliphatic carbocycles. The summed E-state index contributed by atoms with van der Waals surface area (Å²) in [6, 6.07) is 7.08. The quantitative estimate of drug-likeness (QED) is 0.611. The maximum atomic E-state index is 11.6. The van der Waals surface area contributed by atoms with Gasteiger partial charge in [-0.1, -0.05) is 18.2 Å². The van der Waals surface area contributed by atoms with Crippen LogP contribution >= 0.6 is 12.4 Å². The molecule has 0 unspecified atom stereocenters. The van der Waals surface area contributed by atoms with Gasteiger partial charge in [0.25, 0.3) is 5.91 Å². The number of amides is 2. The van der Waals surface area contributed by atoms with Crippen LogP contribution in [0.15, 0.2) is 30.3 Å². The number of nitrogens with two attached hydrogens (primary N) is 2. The van der Waals surface area contributed by atoms with Crippen LogP contribution in [0.4, 0.5) is 0 Å². The van der Waals surface area contributed by atoms with Crippen molar-refractivity contribution >= 4 is 30.2 Å². The summed E-state index contributed by atoms with van der Waals surface area (Å²) in [6.45, 7) is -0.624. The highest BCUT2D eigenvalue weighted by molar-refractivity contribution is 6.06. The highest BCUT2D eigenvalue weighted by Crippen LogP contribution is 1.98. The summed E-state index contributed by atoms with van der Waals surface area (Å²) in [5, 5.41) is 2.11. The smallest absolute Gasteiger partial charge is 0.319 e. The van der Waals surface area contributed by atoms with E-state index in [-0.39, 0.29) is 25.6 Å². The zero-order valence-corrected chi connectivity index (χ0v) is 11.4. The van der Waals surface area contributed by atoms with E-state index in [4.69, 9.17) is 11.5 Å². The number of benzene rings is 1. The van der Waals surface area contributed by atoms with E-state index in [9.17, 15) is 14.4 Å². The lowest BCUT2D eigenvalue weighted by atomic mass is 10.2. The minimum absolute atomic E-state index is 0. The Labute approximate surface area is 122 Å². The van der Waals surface area contributed by atoms with Crippen molar-refractivity contribution in [2.45, 2.75) is 6.04 Å². The van der Waals surface area contributed by atoms with Gasteiger partial charge in [0.1, 0.15) is 12.6 Å². The fourth-order valence-electron chi connectivity index (χ4n) is 1.18. The molecular formula is C12H16ClN3O4. The molecule has 1 rings (SSSR count). The van der Waals surface area contributed by atoms with Gasteiger partial charge in [-0.25, -0.2) is 0 Å². The minimum Gasteiger partial charge on any atom is -0.463 e. The minimum atomic E-state index is -1.12. The number of halogens is 1. The fourth-order valence-corrected chi connectivity index (χ4v) is 1.18. The first kappa shape index (κ1) is 18.0. The number of esters is 1. The SMILES string of the molecule is Cl.NCC(=O)OC[C@H](N)C(=O)NC(=O)c1ccccc1. The molecule has 0 saturated heterocycles. The average molecular weight is 302 g/mol. The lowest BCUT2D eigenvalue weighted by Crippen LogP contribution is -2.46. The molecule has 0 aliphatic heterocycles. The third-order valence-electron chi connectivity index (χ3n) is 2.20. The number of hydrogen-bond acceptors (Lipinski definition) is 6. The highest BCUT2D eigenvalue weighted by atomic mass is 35.5. The monoisotopic (exact) mass is 301 g/mol. The summed E-state index contributed by atoms with van der Waals surface area (Å²) in [5.41, 5.74) is 10.8. The van der Waals surface area contributed by atoms with Gasteiger partial charge in [-0.3, -0.25) is 19.7 Å². The molecule has 0 spiro atoms. The van der Waals surface area contributed by atoms with E-state index >= 15 is 0 Å². The molecule has 0 fully saturated rings. The molecule has 2 amide bonds. The summed E-state index contributed by atoms with van der Waals surface area (Å²) in [4.78, 5) is 34.0. The maximum absolute atomic E-state index is 11.6. The molecule has 0 aromatic heterocycles. The van der Waals surface area contributed by atoms with E-state index in [0.717, 1.165) is 0 Å². The Hall–Kier alpha value is -1.96. The number of ether oxygens (including phenoxy) is 1. The third kappa shape index (κ3) is 5.79. The van der Waals surface area contributed by atoms with Crippen molar-refractivity contribution in [2.24, 2.45) is 11.5 Å². The van der Waals surface area contributed by atoms with Crippen LogP contribution in [-0.4, -0.2) is 37.0 Å². The first-order valence-electron chi connectivity index (χ1n) is 5.56. The Kier molecular flexibility index (Phi) is 8.14. The second kappa shape index (κ2) is 9.03. The fraction of sp³-hybridized carbons (Fsp3) is 0.250. The predicted octanol–water partition coefficient (Wildman–Crippen LogP) is -0.806. The first-order chi connectivity index (χ1) is 9.04. The van der Waals surface area contributed by atoms with Gasteiger partial charge >= 0.3 is 5.97 Å². The van der Waals surface area contributed by atoms with Crippen molar-refractivity contribution in [1.29, 1.82) is 0 Å².